The molecule has 1 N–H and O–H groups in total. The normalized spacial score (nSPS) is 27.3. The van der Waals surface area contributed by atoms with E-state index >= 15 is 0 Å². The van der Waals surface area contributed by atoms with Crippen LogP contribution in [-0.4, -0.2) is 82.0 Å². The van der Waals surface area contributed by atoms with Crippen molar-refractivity contribution in [2.75, 3.05) is 38.2 Å². The zero-order valence-corrected chi connectivity index (χ0v) is 23.6. The zero-order valence-electron chi connectivity index (χ0n) is 22.1. The van der Waals surface area contributed by atoms with E-state index in [1.165, 1.54) is 0 Å². The van der Waals surface area contributed by atoms with Gasteiger partial charge in [0.25, 0.3) is 5.91 Å². The number of amides is 3. The summed E-state index contributed by atoms with van der Waals surface area (Å²) in [5, 5.41) is 9.61. The van der Waals surface area contributed by atoms with Crippen molar-refractivity contribution in [1.82, 2.24) is 9.80 Å². The van der Waals surface area contributed by atoms with Crippen molar-refractivity contribution in [2.24, 2.45) is 11.8 Å². The largest absolute Gasteiger partial charge is 0.396 e. The van der Waals surface area contributed by atoms with Gasteiger partial charge in [-0.15, -0.1) is 24.9 Å². The van der Waals surface area contributed by atoms with Crippen molar-refractivity contribution in [3.63, 3.8) is 0 Å². The minimum absolute atomic E-state index is 0.0129. The number of rotatable bonds is 13. The molecule has 3 aliphatic rings. The summed E-state index contributed by atoms with van der Waals surface area (Å²) >= 11 is 8.20. The fraction of sp³-hybridized carbons (Fsp3) is 0.552. The van der Waals surface area contributed by atoms with Crippen molar-refractivity contribution >= 4 is 46.8 Å². The summed E-state index contributed by atoms with van der Waals surface area (Å²) < 4.78 is -0.653. The van der Waals surface area contributed by atoms with Crippen LogP contribution in [0.25, 0.3) is 0 Å². The number of anilines is 1. The first kappa shape index (κ1) is 28.7. The van der Waals surface area contributed by atoms with E-state index in [2.05, 4.69) is 13.2 Å². The molecular formula is C29H38ClN3O4S. The number of hydrogen-bond acceptors (Lipinski definition) is 5. The molecule has 3 saturated heterocycles. The highest BCUT2D eigenvalue weighted by atomic mass is 35.5. The van der Waals surface area contributed by atoms with Crippen molar-refractivity contribution in [2.45, 2.75) is 54.6 Å². The van der Waals surface area contributed by atoms with Gasteiger partial charge in [-0.1, -0.05) is 48.7 Å². The number of hydrogen-bond donors (Lipinski definition) is 1. The lowest BCUT2D eigenvalue weighted by molar-refractivity contribution is -0.143. The van der Waals surface area contributed by atoms with Crippen LogP contribution in [0.15, 0.2) is 49.6 Å². The highest BCUT2D eigenvalue weighted by Crippen LogP contribution is 2.66. The quantitative estimate of drug-likeness (QED) is 0.290. The van der Waals surface area contributed by atoms with Crippen molar-refractivity contribution in [1.29, 1.82) is 0 Å². The Morgan fingerprint density at radius 3 is 2.55 bits per heavy atom. The van der Waals surface area contributed by atoms with Gasteiger partial charge in [0.2, 0.25) is 11.8 Å². The van der Waals surface area contributed by atoms with Crippen LogP contribution in [-0.2, 0) is 14.4 Å². The van der Waals surface area contributed by atoms with Gasteiger partial charge in [-0.05, 0) is 37.8 Å². The first-order chi connectivity index (χ1) is 18.3. The van der Waals surface area contributed by atoms with Crippen LogP contribution in [0.2, 0.25) is 5.02 Å². The first-order valence-electron chi connectivity index (χ1n) is 13.4. The summed E-state index contributed by atoms with van der Waals surface area (Å²) in [6.45, 7) is 8.87. The summed E-state index contributed by atoms with van der Waals surface area (Å²) in [5.41, 5.74) is 0.588. The highest BCUT2D eigenvalue weighted by molar-refractivity contribution is 8.02. The lowest BCUT2D eigenvalue weighted by atomic mass is 9.70. The zero-order chi connectivity index (χ0) is 27.4. The average molecular weight is 560 g/mol. The molecule has 7 nitrogen and oxygen atoms in total. The lowest BCUT2D eigenvalue weighted by Crippen LogP contribution is -2.55. The number of aliphatic hydroxyl groups excluding tert-OH is 1. The lowest BCUT2D eigenvalue weighted by Gasteiger charge is -2.37. The number of aliphatic hydroxyl groups is 1. The summed E-state index contributed by atoms with van der Waals surface area (Å²) in [5.74, 6) is -1.30. The monoisotopic (exact) mass is 559 g/mol. The standard InChI is InChI=1S/C29H38ClN3O4S/c1-4-16-31(3)26(35)23-22-14-15-29(38-22)24(23)27(36)33(18-10-6-7-11-19-34)25(29)28(37)32(17-5-2)21-13-9-8-12-20(21)30/h4-5,8-9,12-13,22-25,34H,1-2,6-7,10-11,14-19H2,3H3/t22-,23+,24-,25?,29?/m0/s1. The van der Waals surface area contributed by atoms with Crippen LogP contribution < -0.4 is 4.90 Å². The van der Waals surface area contributed by atoms with Crippen LogP contribution >= 0.6 is 23.4 Å². The van der Waals surface area contributed by atoms with Crippen LogP contribution in [0.4, 0.5) is 5.69 Å². The van der Waals surface area contributed by atoms with E-state index in [1.807, 2.05) is 18.2 Å². The molecule has 3 heterocycles. The minimum Gasteiger partial charge on any atom is -0.396 e. The fourth-order valence-corrected chi connectivity index (χ4v) is 8.94. The van der Waals surface area contributed by atoms with E-state index in [1.54, 1.807) is 51.7 Å². The molecule has 0 radical (unpaired) electrons. The van der Waals surface area contributed by atoms with Gasteiger partial charge in [0.1, 0.15) is 6.04 Å². The molecule has 1 aromatic rings. The molecule has 1 aromatic carbocycles. The van der Waals surface area contributed by atoms with Crippen LogP contribution in [0.1, 0.15) is 38.5 Å². The molecule has 4 rings (SSSR count). The van der Waals surface area contributed by atoms with Gasteiger partial charge in [-0.25, -0.2) is 0 Å². The predicted octanol–water partition coefficient (Wildman–Crippen LogP) is 4.15. The Balaban J connectivity index is 1.72. The van der Waals surface area contributed by atoms with Crippen LogP contribution in [0.5, 0.6) is 0 Å². The summed E-state index contributed by atoms with van der Waals surface area (Å²) in [4.78, 5) is 47.2. The maximum atomic E-state index is 14.5. The molecule has 9 heteroatoms. The Kier molecular flexibility index (Phi) is 9.27. The second-order valence-electron chi connectivity index (χ2n) is 10.4. The Hall–Kier alpha value is -2.29. The molecule has 3 aliphatic heterocycles. The maximum Gasteiger partial charge on any atom is 0.251 e. The Morgan fingerprint density at radius 2 is 1.87 bits per heavy atom. The van der Waals surface area contributed by atoms with Gasteiger partial charge in [-0.2, -0.15) is 0 Å². The summed E-state index contributed by atoms with van der Waals surface area (Å²) in [6, 6.07) is 6.53. The molecule has 2 unspecified atom stereocenters. The van der Waals surface area contributed by atoms with Gasteiger partial charge in [0.15, 0.2) is 0 Å². The summed E-state index contributed by atoms with van der Waals surface area (Å²) in [6.07, 6.45) is 8.03. The molecule has 3 fully saturated rings. The first-order valence-corrected chi connectivity index (χ1v) is 14.7. The second kappa shape index (κ2) is 12.3. The topological polar surface area (TPSA) is 81.2 Å². The number of likely N-dealkylation sites (N-methyl/N-ethyl adjacent to an activating group) is 1. The molecule has 0 aromatic heterocycles. The maximum absolute atomic E-state index is 14.5. The van der Waals surface area contributed by atoms with Gasteiger partial charge in [0, 0.05) is 38.5 Å². The average Bonchev–Trinajstić information content (AvgIpc) is 3.54. The number of fused-ring (bicyclic) bond motifs is 1. The van der Waals surface area contributed by atoms with Gasteiger partial charge >= 0.3 is 0 Å². The second-order valence-corrected chi connectivity index (χ2v) is 12.4. The molecule has 2 bridgehead atoms. The molecule has 3 amide bonds. The number of para-hydroxylation sites is 1. The van der Waals surface area contributed by atoms with Crippen LogP contribution in [0, 0.1) is 11.8 Å². The number of carbonyl (C=O) groups excluding carboxylic acids is 3. The van der Waals surface area contributed by atoms with E-state index in [0.717, 1.165) is 32.1 Å². The molecule has 38 heavy (non-hydrogen) atoms. The number of nitrogens with zero attached hydrogens (tertiary/aromatic N) is 3. The van der Waals surface area contributed by atoms with E-state index in [9.17, 15) is 14.4 Å². The van der Waals surface area contributed by atoms with Crippen LogP contribution in [0.3, 0.4) is 0 Å². The number of likely N-dealkylation sites (tertiary alicyclic amines) is 1. The van der Waals surface area contributed by atoms with Gasteiger partial charge in [0.05, 0.1) is 27.3 Å². The van der Waals surface area contributed by atoms with E-state index in [4.69, 9.17) is 16.7 Å². The molecular weight excluding hydrogens is 522 g/mol. The Labute approximate surface area is 234 Å². The van der Waals surface area contributed by atoms with Crippen molar-refractivity contribution in [3.8, 4) is 0 Å². The molecule has 0 aliphatic carbocycles. The summed E-state index contributed by atoms with van der Waals surface area (Å²) in [7, 11) is 1.75. The molecule has 206 valence electrons. The van der Waals surface area contributed by atoms with E-state index < -0.39 is 22.6 Å². The molecule has 0 saturated carbocycles. The number of unbranched alkanes of at least 4 members (excludes halogenated alkanes) is 3. The number of benzene rings is 1. The van der Waals surface area contributed by atoms with Gasteiger partial charge in [-0.3, -0.25) is 14.4 Å². The third-order valence-corrected chi connectivity index (χ3v) is 10.4. The molecule has 5 atom stereocenters. The third kappa shape index (κ3) is 5.03. The smallest absolute Gasteiger partial charge is 0.251 e. The van der Waals surface area contributed by atoms with Crippen molar-refractivity contribution < 1.29 is 19.5 Å². The Bertz CT molecular complexity index is 1080. The van der Waals surface area contributed by atoms with E-state index in [-0.39, 0.29) is 36.1 Å². The SMILES string of the molecule is C=CCN(C)C(=O)[C@@H]1[C@@H]2CCC3(S2)C(C(=O)N(CC=C)c2ccccc2Cl)N(CCCCCCO)C(=O)[C@H]13. The number of halogens is 1. The van der Waals surface area contributed by atoms with Gasteiger partial charge < -0.3 is 19.8 Å². The number of thioether (sulfide) groups is 1. The Morgan fingerprint density at radius 1 is 1.16 bits per heavy atom. The minimum atomic E-state index is -0.688. The molecule has 1 spiro atoms. The van der Waals surface area contributed by atoms with Crippen molar-refractivity contribution in [3.05, 3.63) is 54.6 Å². The third-order valence-electron chi connectivity index (χ3n) is 8.13. The predicted molar refractivity (Wildman–Crippen MR) is 153 cm³/mol. The highest BCUT2D eigenvalue weighted by Gasteiger charge is 2.73. The number of carbonyl (C=O) groups is 3. The van der Waals surface area contributed by atoms with E-state index in [0.29, 0.717) is 30.2 Å². The fourth-order valence-electron chi connectivity index (χ4n) is 6.49.